The zero-order chi connectivity index (χ0) is 23.0. The number of aryl methyl sites for hydroxylation is 1. The summed E-state index contributed by atoms with van der Waals surface area (Å²) in [6.07, 6.45) is 9.40. The maximum atomic E-state index is 12.4. The Morgan fingerprint density at radius 3 is 2.31 bits per heavy atom. The van der Waals surface area contributed by atoms with Crippen LogP contribution in [-0.2, 0) is 11.2 Å². The van der Waals surface area contributed by atoms with Crippen molar-refractivity contribution in [1.82, 2.24) is 5.32 Å². The molecule has 1 N–H and O–H groups in total. The number of carbonyl (C=O) groups is 2. The van der Waals surface area contributed by atoms with Gasteiger partial charge in [0.1, 0.15) is 0 Å². The smallest absolute Gasteiger partial charge is 0.338 e. The molecule has 172 valence electrons. The molecule has 0 radical (unpaired) electrons. The lowest BCUT2D eigenvalue weighted by atomic mass is 10.1. The second-order valence-corrected chi connectivity index (χ2v) is 8.00. The van der Waals surface area contributed by atoms with Gasteiger partial charge in [0.2, 0.25) is 0 Å². The highest BCUT2D eigenvalue weighted by molar-refractivity contribution is 5.95. The number of nitrogens with one attached hydrogen (secondary N) is 1. The summed E-state index contributed by atoms with van der Waals surface area (Å²) >= 11 is 0. The lowest BCUT2D eigenvalue weighted by Gasteiger charge is -2.04. The van der Waals surface area contributed by atoms with Crippen molar-refractivity contribution < 1.29 is 14.3 Å². The molecule has 1 amide bonds. The second-order valence-electron chi connectivity index (χ2n) is 8.00. The third-order valence-corrected chi connectivity index (χ3v) is 5.34. The monoisotopic (exact) mass is 437 g/mol. The Morgan fingerprint density at radius 1 is 0.812 bits per heavy atom. The van der Waals surface area contributed by atoms with Crippen molar-refractivity contribution in [2.45, 2.75) is 64.7 Å². The van der Waals surface area contributed by atoms with Crippen LogP contribution in [-0.4, -0.2) is 25.0 Å². The van der Waals surface area contributed by atoms with Gasteiger partial charge in [-0.1, -0.05) is 69.4 Å². The molecular weight excluding hydrogens is 402 g/mol. The number of amides is 1. The first kappa shape index (κ1) is 25.3. The lowest BCUT2D eigenvalue weighted by Crippen LogP contribution is -2.28. The number of carbonyl (C=O) groups excluding carboxylic acids is 2. The summed E-state index contributed by atoms with van der Waals surface area (Å²) in [6.45, 7) is 3.04. The van der Waals surface area contributed by atoms with Crippen molar-refractivity contribution in [1.29, 1.82) is 0 Å². The van der Waals surface area contributed by atoms with E-state index in [9.17, 15) is 14.4 Å². The number of rotatable bonds is 14. The van der Waals surface area contributed by atoms with E-state index in [4.69, 9.17) is 4.74 Å². The topological polar surface area (TPSA) is 72.5 Å². The highest BCUT2D eigenvalue weighted by Gasteiger charge is 2.11. The summed E-state index contributed by atoms with van der Waals surface area (Å²) in [5.41, 5.74) is 1.16. The molecule has 2 rings (SSSR count). The molecule has 0 spiro atoms. The van der Waals surface area contributed by atoms with Crippen molar-refractivity contribution in [2.24, 2.45) is 0 Å². The molecule has 0 atom stereocenters. The highest BCUT2D eigenvalue weighted by atomic mass is 16.5. The number of hydrogen-bond acceptors (Lipinski definition) is 4. The average Bonchev–Trinajstić information content (AvgIpc) is 3.00. The molecule has 2 aromatic carbocycles. The van der Waals surface area contributed by atoms with E-state index in [1.165, 1.54) is 49.1 Å². The molecule has 0 aliphatic carbocycles. The molecule has 0 bridgehead atoms. The molecule has 0 aromatic heterocycles. The van der Waals surface area contributed by atoms with Crippen LogP contribution < -0.4 is 10.7 Å². The summed E-state index contributed by atoms with van der Waals surface area (Å²) < 4.78 is 5.30. The number of unbranched alkanes of at least 4 members (excludes halogenated alkanes) is 6. The fourth-order valence-corrected chi connectivity index (χ4v) is 3.42. The van der Waals surface area contributed by atoms with Gasteiger partial charge < -0.3 is 10.1 Å². The molecule has 2 aromatic rings. The Kier molecular flexibility index (Phi) is 11.8. The minimum Gasteiger partial charge on any atom is -0.462 e. The van der Waals surface area contributed by atoms with E-state index in [1.807, 2.05) is 18.2 Å². The van der Waals surface area contributed by atoms with Crippen LogP contribution in [0.25, 0.3) is 0 Å². The van der Waals surface area contributed by atoms with E-state index < -0.39 is 17.3 Å². The predicted octanol–water partition coefficient (Wildman–Crippen LogP) is 5.32. The van der Waals surface area contributed by atoms with Crippen LogP contribution in [0.4, 0.5) is 0 Å². The Bertz CT molecular complexity index is 896. The molecule has 0 aliphatic heterocycles. The van der Waals surface area contributed by atoms with E-state index in [1.54, 1.807) is 0 Å². The zero-order valence-corrected chi connectivity index (χ0v) is 19.1. The van der Waals surface area contributed by atoms with Crippen LogP contribution in [0.2, 0.25) is 0 Å². The number of hydrogen-bond donors (Lipinski definition) is 1. The maximum Gasteiger partial charge on any atom is 0.338 e. The fraction of sp³-hybridized carbons (Fsp3) is 0.444. The first-order chi connectivity index (χ1) is 15.6. The molecule has 5 nitrogen and oxygen atoms in total. The maximum absolute atomic E-state index is 12.4. The van der Waals surface area contributed by atoms with Gasteiger partial charge in [0.05, 0.1) is 17.7 Å². The van der Waals surface area contributed by atoms with Gasteiger partial charge in [-0.15, -0.1) is 0 Å². The van der Waals surface area contributed by atoms with Crippen molar-refractivity contribution in [3.05, 3.63) is 81.5 Å². The van der Waals surface area contributed by atoms with E-state index in [0.717, 1.165) is 38.5 Å². The molecule has 5 heteroatoms. The molecule has 0 saturated heterocycles. The highest BCUT2D eigenvalue weighted by Crippen LogP contribution is 2.07. The van der Waals surface area contributed by atoms with Crippen LogP contribution in [0.15, 0.2) is 59.4 Å². The number of ether oxygens (including phenoxy) is 1. The summed E-state index contributed by atoms with van der Waals surface area (Å²) in [4.78, 5) is 36.9. The third kappa shape index (κ3) is 9.46. The van der Waals surface area contributed by atoms with E-state index in [-0.39, 0.29) is 11.1 Å². The summed E-state index contributed by atoms with van der Waals surface area (Å²) in [5, 5.41) is 2.80. The Morgan fingerprint density at radius 2 is 1.53 bits per heavy atom. The largest absolute Gasteiger partial charge is 0.462 e. The zero-order valence-electron chi connectivity index (χ0n) is 19.1. The Labute approximate surface area is 191 Å². The summed E-state index contributed by atoms with van der Waals surface area (Å²) in [6, 6.07) is 15.8. The van der Waals surface area contributed by atoms with Gasteiger partial charge in [0.25, 0.3) is 5.91 Å². The second kappa shape index (κ2) is 15.0. The van der Waals surface area contributed by atoms with E-state index in [0.29, 0.717) is 13.2 Å². The van der Waals surface area contributed by atoms with Crippen molar-refractivity contribution in [3.63, 3.8) is 0 Å². The summed E-state index contributed by atoms with van der Waals surface area (Å²) in [5.74, 6) is -0.890. The normalized spacial score (nSPS) is 10.5. The molecular formula is C27H35NO4. The molecule has 0 heterocycles. The average molecular weight is 438 g/mol. The lowest BCUT2D eigenvalue weighted by molar-refractivity contribution is 0.0497. The first-order valence-electron chi connectivity index (χ1n) is 11.8. The van der Waals surface area contributed by atoms with Gasteiger partial charge in [-0.05, 0) is 55.5 Å². The van der Waals surface area contributed by atoms with Gasteiger partial charge in [-0.2, -0.15) is 0 Å². The minimum atomic E-state index is -0.471. The first-order valence-corrected chi connectivity index (χ1v) is 11.8. The molecule has 0 saturated carbocycles. The van der Waals surface area contributed by atoms with Crippen LogP contribution in [0.1, 0.15) is 84.6 Å². The van der Waals surface area contributed by atoms with Gasteiger partial charge in [0, 0.05) is 6.54 Å². The van der Waals surface area contributed by atoms with Crippen LogP contribution in [0.3, 0.4) is 0 Å². The van der Waals surface area contributed by atoms with Crippen LogP contribution >= 0.6 is 0 Å². The molecule has 0 unspecified atom stereocenters. The third-order valence-electron chi connectivity index (χ3n) is 5.34. The minimum absolute atomic E-state index is 0.0306. The van der Waals surface area contributed by atoms with Crippen molar-refractivity contribution in [2.75, 3.05) is 13.2 Å². The SMILES string of the molecule is CCCCCCCCOC(=O)c1ccc(C(=O)NCCCCc2ccccc2)c(=O)cc1. The van der Waals surface area contributed by atoms with Gasteiger partial charge in [0.15, 0.2) is 5.43 Å². The Balaban J connectivity index is 1.76. The van der Waals surface area contributed by atoms with Crippen molar-refractivity contribution in [3.8, 4) is 0 Å². The number of benzene rings is 1. The van der Waals surface area contributed by atoms with Crippen LogP contribution in [0, 0.1) is 0 Å². The standard InChI is InChI=1S/C27H35NO4/c1-2-3-4-5-6-12-21-32-27(31)23-16-18-24(25(29)19-17-23)26(30)28-20-11-10-15-22-13-8-7-9-14-22/h7-9,13-14,16-19H,2-6,10-12,15,20-21H2,1H3,(H,28,30). The van der Waals surface area contributed by atoms with Crippen molar-refractivity contribution >= 4 is 11.9 Å². The quantitative estimate of drug-likeness (QED) is 0.321. The van der Waals surface area contributed by atoms with E-state index in [2.05, 4.69) is 24.4 Å². The van der Waals surface area contributed by atoms with Gasteiger partial charge >= 0.3 is 5.97 Å². The Hall–Kier alpha value is -2.95. The predicted molar refractivity (Wildman–Crippen MR) is 128 cm³/mol. The fourth-order valence-electron chi connectivity index (χ4n) is 3.42. The van der Waals surface area contributed by atoms with E-state index >= 15 is 0 Å². The van der Waals surface area contributed by atoms with Crippen LogP contribution in [0.5, 0.6) is 0 Å². The van der Waals surface area contributed by atoms with Gasteiger partial charge in [-0.25, -0.2) is 4.79 Å². The summed E-state index contributed by atoms with van der Waals surface area (Å²) in [7, 11) is 0. The molecule has 0 aliphatic rings. The van der Waals surface area contributed by atoms with Gasteiger partial charge in [-0.3, -0.25) is 9.59 Å². The molecule has 0 fully saturated rings. The number of esters is 1. The molecule has 32 heavy (non-hydrogen) atoms.